The SMILES string of the molecule is CCC(N)Cc1cccc(OC)c1OCc1ccccc1.Cl. The molecular formula is C18H24ClNO2. The number of rotatable bonds is 7. The third kappa shape index (κ3) is 4.93. The maximum atomic E-state index is 6.08. The van der Waals surface area contributed by atoms with E-state index in [4.69, 9.17) is 15.2 Å². The van der Waals surface area contributed by atoms with Crippen LogP contribution >= 0.6 is 12.4 Å². The Kier molecular flexibility index (Phi) is 7.78. The van der Waals surface area contributed by atoms with E-state index in [1.54, 1.807) is 7.11 Å². The first-order valence-electron chi connectivity index (χ1n) is 7.32. The highest BCUT2D eigenvalue weighted by molar-refractivity contribution is 5.85. The van der Waals surface area contributed by atoms with Gasteiger partial charge in [-0.25, -0.2) is 0 Å². The van der Waals surface area contributed by atoms with Crippen LogP contribution in [0.1, 0.15) is 24.5 Å². The fourth-order valence-corrected chi connectivity index (χ4v) is 2.20. The zero-order valence-electron chi connectivity index (χ0n) is 13.1. The molecule has 0 fully saturated rings. The maximum absolute atomic E-state index is 6.08. The van der Waals surface area contributed by atoms with Gasteiger partial charge in [0.1, 0.15) is 6.61 Å². The maximum Gasteiger partial charge on any atom is 0.164 e. The van der Waals surface area contributed by atoms with E-state index in [2.05, 4.69) is 13.0 Å². The second-order valence-electron chi connectivity index (χ2n) is 5.10. The summed E-state index contributed by atoms with van der Waals surface area (Å²) in [4.78, 5) is 0. The van der Waals surface area contributed by atoms with Crippen molar-refractivity contribution in [2.24, 2.45) is 5.73 Å². The van der Waals surface area contributed by atoms with Crippen molar-refractivity contribution in [2.75, 3.05) is 7.11 Å². The van der Waals surface area contributed by atoms with Gasteiger partial charge >= 0.3 is 0 Å². The number of para-hydroxylation sites is 1. The molecule has 1 atom stereocenters. The molecule has 1 unspecified atom stereocenters. The van der Waals surface area contributed by atoms with Gasteiger partial charge in [-0.05, 0) is 30.0 Å². The van der Waals surface area contributed by atoms with Crippen LogP contribution in [0.15, 0.2) is 48.5 Å². The molecule has 0 aromatic heterocycles. The number of hydrogen-bond donors (Lipinski definition) is 1. The van der Waals surface area contributed by atoms with Crippen molar-refractivity contribution in [3.8, 4) is 11.5 Å². The zero-order chi connectivity index (χ0) is 15.1. The predicted octanol–water partition coefficient (Wildman–Crippen LogP) is 3.98. The average molecular weight is 322 g/mol. The fourth-order valence-electron chi connectivity index (χ4n) is 2.20. The minimum absolute atomic E-state index is 0. The van der Waals surface area contributed by atoms with Gasteiger partial charge in [0.25, 0.3) is 0 Å². The summed E-state index contributed by atoms with van der Waals surface area (Å²) < 4.78 is 11.4. The largest absolute Gasteiger partial charge is 0.493 e. The van der Waals surface area contributed by atoms with E-state index in [0.717, 1.165) is 35.5 Å². The molecule has 0 saturated heterocycles. The molecule has 0 amide bonds. The number of ether oxygens (including phenoxy) is 2. The predicted molar refractivity (Wildman–Crippen MR) is 93.0 cm³/mol. The molecule has 0 bridgehead atoms. The van der Waals surface area contributed by atoms with Crippen molar-refractivity contribution in [3.05, 3.63) is 59.7 Å². The smallest absolute Gasteiger partial charge is 0.164 e. The summed E-state index contributed by atoms with van der Waals surface area (Å²) in [5, 5.41) is 0. The average Bonchev–Trinajstić information content (AvgIpc) is 2.54. The molecule has 0 heterocycles. The highest BCUT2D eigenvalue weighted by Gasteiger charge is 2.13. The summed E-state index contributed by atoms with van der Waals surface area (Å²) in [6.07, 6.45) is 1.73. The molecule has 22 heavy (non-hydrogen) atoms. The molecule has 0 saturated carbocycles. The Hall–Kier alpha value is -1.71. The first kappa shape index (κ1) is 18.3. The van der Waals surface area contributed by atoms with Gasteiger partial charge in [-0.3, -0.25) is 0 Å². The van der Waals surface area contributed by atoms with Gasteiger partial charge < -0.3 is 15.2 Å². The van der Waals surface area contributed by atoms with Crippen molar-refractivity contribution in [1.82, 2.24) is 0 Å². The molecule has 4 heteroatoms. The molecule has 2 N–H and O–H groups in total. The number of halogens is 1. The van der Waals surface area contributed by atoms with Crippen molar-refractivity contribution in [2.45, 2.75) is 32.4 Å². The Morgan fingerprint density at radius 1 is 1.05 bits per heavy atom. The van der Waals surface area contributed by atoms with E-state index in [1.165, 1.54) is 0 Å². The fraction of sp³-hybridized carbons (Fsp3) is 0.333. The molecule has 2 aromatic carbocycles. The summed E-state index contributed by atoms with van der Waals surface area (Å²) in [7, 11) is 1.66. The van der Waals surface area contributed by atoms with Crippen LogP contribution in [0.25, 0.3) is 0 Å². The third-order valence-electron chi connectivity index (χ3n) is 3.51. The van der Waals surface area contributed by atoms with Crippen LogP contribution < -0.4 is 15.2 Å². The van der Waals surface area contributed by atoms with E-state index >= 15 is 0 Å². The van der Waals surface area contributed by atoms with Gasteiger partial charge in [0.05, 0.1) is 7.11 Å². The molecule has 0 aliphatic rings. The molecule has 0 aliphatic carbocycles. The summed E-state index contributed by atoms with van der Waals surface area (Å²) in [5.74, 6) is 1.56. The first-order valence-corrected chi connectivity index (χ1v) is 7.32. The summed E-state index contributed by atoms with van der Waals surface area (Å²) in [6, 6.07) is 16.2. The lowest BCUT2D eigenvalue weighted by atomic mass is 10.0. The Morgan fingerprint density at radius 2 is 1.77 bits per heavy atom. The lowest BCUT2D eigenvalue weighted by Crippen LogP contribution is -2.21. The second-order valence-corrected chi connectivity index (χ2v) is 5.10. The van der Waals surface area contributed by atoms with Crippen LogP contribution in [0.4, 0.5) is 0 Å². The van der Waals surface area contributed by atoms with Gasteiger partial charge in [0.2, 0.25) is 0 Å². The minimum Gasteiger partial charge on any atom is -0.493 e. The number of methoxy groups -OCH3 is 1. The van der Waals surface area contributed by atoms with Gasteiger partial charge in [-0.2, -0.15) is 0 Å². The zero-order valence-corrected chi connectivity index (χ0v) is 13.9. The van der Waals surface area contributed by atoms with Crippen LogP contribution in [0, 0.1) is 0 Å². The normalized spacial score (nSPS) is 11.4. The Balaban J connectivity index is 0.00000242. The van der Waals surface area contributed by atoms with Crippen LogP contribution in [-0.4, -0.2) is 13.2 Å². The van der Waals surface area contributed by atoms with E-state index < -0.39 is 0 Å². The van der Waals surface area contributed by atoms with E-state index in [1.807, 2.05) is 42.5 Å². The van der Waals surface area contributed by atoms with Gasteiger partial charge in [0, 0.05) is 6.04 Å². The van der Waals surface area contributed by atoms with Crippen molar-refractivity contribution in [1.29, 1.82) is 0 Å². The molecule has 0 spiro atoms. The van der Waals surface area contributed by atoms with Crippen molar-refractivity contribution >= 4 is 12.4 Å². The van der Waals surface area contributed by atoms with E-state index in [9.17, 15) is 0 Å². The lowest BCUT2D eigenvalue weighted by molar-refractivity contribution is 0.280. The monoisotopic (exact) mass is 321 g/mol. The van der Waals surface area contributed by atoms with Crippen LogP contribution in [-0.2, 0) is 13.0 Å². The van der Waals surface area contributed by atoms with E-state index in [-0.39, 0.29) is 18.4 Å². The van der Waals surface area contributed by atoms with Crippen molar-refractivity contribution in [3.63, 3.8) is 0 Å². The lowest BCUT2D eigenvalue weighted by Gasteiger charge is -2.17. The number of nitrogens with two attached hydrogens (primary N) is 1. The number of hydrogen-bond acceptors (Lipinski definition) is 3. The molecular weight excluding hydrogens is 298 g/mol. The topological polar surface area (TPSA) is 44.5 Å². The first-order chi connectivity index (χ1) is 10.2. The number of benzene rings is 2. The van der Waals surface area contributed by atoms with Gasteiger partial charge in [-0.15, -0.1) is 12.4 Å². The van der Waals surface area contributed by atoms with E-state index in [0.29, 0.717) is 6.61 Å². The van der Waals surface area contributed by atoms with Gasteiger partial charge in [0.15, 0.2) is 11.5 Å². The molecule has 3 nitrogen and oxygen atoms in total. The summed E-state index contributed by atoms with van der Waals surface area (Å²) >= 11 is 0. The summed E-state index contributed by atoms with van der Waals surface area (Å²) in [5.41, 5.74) is 8.31. The minimum atomic E-state index is 0. The molecule has 120 valence electrons. The Bertz CT molecular complexity index is 560. The third-order valence-corrected chi connectivity index (χ3v) is 3.51. The molecule has 0 aliphatic heterocycles. The van der Waals surface area contributed by atoms with Crippen LogP contribution in [0.3, 0.4) is 0 Å². The standard InChI is InChI=1S/C18H23NO2.ClH/c1-3-16(19)12-15-10-7-11-17(20-2)18(15)21-13-14-8-5-4-6-9-14;/h4-11,16H,3,12-13,19H2,1-2H3;1H. The Morgan fingerprint density at radius 3 is 2.41 bits per heavy atom. The molecule has 0 radical (unpaired) electrons. The van der Waals surface area contributed by atoms with Gasteiger partial charge in [-0.1, -0.05) is 49.4 Å². The van der Waals surface area contributed by atoms with Crippen LogP contribution in [0.5, 0.6) is 11.5 Å². The Labute approximate surface area is 138 Å². The quantitative estimate of drug-likeness (QED) is 0.839. The highest BCUT2D eigenvalue weighted by atomic mass is 35.5. The highest BCUT2D eigenvalue weighted by Crippen LogP contribution is 2.32. The molecule has 2 rings (SSSR count). The van der Waals surface area contributed by atoms with Crippen LogP contribution in [0.2, 0.25) is 0 Å². The summed E-state index contributed by atoms with van der Waals surface area (Å²) in [6.45, 7) is 2.62. The second kappa shape index (κ2) is 9.34. The molecule has 2 aromatic rings. The van der Waals surface area contributed by atoms with Crippen molar-refractivity contribution < 1.29 is 9.47 Å².